The fourth-order valence-corrected chi connectivity index (χ4v) is 4.20. The van der Waals surface area contributed by atoms with Crippen molar-refractivity contribution in [3.63, 3.8) is 0 Å². The topological polar surface area (TPSA) is 114 Å². The molecule has 0 aliphatic rings. The minimum atomic E-state index is -3.83. The van der Waals surface area contributed by atoms with Crippen LogP contribution in [0.1, 0.15) is 26.0 Å². The van der Waals surface area contributed by atoms with Crippen molar-refractivity contribution in [1.82, 2.24) is 20.4 Å². The molecule has 0 fully saturated rings. The molecule has 1 amide bonds. The quantitative estimate of drug-likeness (QED) is 0.542. The van der Waals surface area contributed by atoms with Gasteiger partial charge in [0.05, 0.1) is 11.4 Å². The van der Waals surface area contributed by atoms with Crippen LogP contribution in [0.25, 0.3) is 11.3 Å². The molecule has 0 saturated carbocycles. The van der Waals surface area contributed by atoms with Gasteiger partial charge in [0.25, 0.3) is 0 Å². The van der Waals surface area contributed by atoms with E-state index in [-0.39, 0.29) is 17.4 Å². The third-order valence-corrected chi connectivity index (χ3v) is 5.90. The van der Waals surface area contributed by atoms with Gasteiger partial charge in [-0.2, -0.15) is 4.72 Å². The minimum Gasteiger partial charge on any atom is -0.349 e. The number of hydrogen-bond acceptors (Lipinski definition) is 6. The average molecular weight is 429 g/mol. The first-order valence-corrected chi connectivity index (χ1v) is 11.1. The Morgan fingerprint density at radius 2 is 1.63 bits per heavy atom. The summed E-state index contributed by atoms with van der Waals surface area (Å²) in [5.74, 6) is -0.335. The van der Waals surface area contributed by atoms with E-state index in [2.05, 4.69) is 20.4 Å². The van der Waals surface area contributed by atoms with Crippen LogP contribution in [-0.2, 0) is 21.4 Å². The summed E-state index contributed by atoms with van der Waals surface area (Å²) in [6, 6.07) is 16.4. The number of benzene rings is 2. The Labute approximate surface area is 175 Å². The Morgan fingerprint density at radius 3 is 2.27 bits per heavy atom. The van der Waals surface area contributed by atoms with E-state index in [1.807, 2.05) is 44.2 Å². The van der Waals surface area contributed by atoms with E-state index in [0.29, 0.717) is 17.8 Å². The number of amides is 1. The molecule has 1 aromatic heterocycles. The third-order valence-electron chi connectivity index (χ3n) is 4.41. The van der Waals surface area contributed by atoms with Crippen molar-refractivity contribution in [2.45, 2.75) is 37.8 Å². The van der Waals surface area contributed by atoms with Gasteiger partial charge in [0.1, 0.15) is 17.4 Å². The Balaban J connectivity index is 1.72. The highest BCUT2D eigenvalue weighted by molar-refractivity contribution is 7.89. The molecular formula is C21H24N4O4S. The van der Waals surface area contributed by atoms with Crippen LogP contribution in [0, 0.1) is 5.92 Å². The zero-order valence-electron chi connectivity index (χ0n) is 16.8. The minimum absolute atomic E-state index is 0.0637. The molecule has 0 radical (unpaired) electrons. The van der Waals surface area contributed by atoms with Crippen molar-refractivity contribution in [1.29, 1.82) is 0 Å². The van der Waals surface area contributed by atoms with Crippen LogP contribution >= 0.6 is 0 Å². The first-order valence-electron chi connectivity index (χ1n) is 9.59. The van der Waals surface area contributed by atoms with Crippen LogP contribution in [0.4, 0.5) is 0 Å². The standard InChI is InChI=1S/C21H24N4O4S/c1-15(2)13-18(25-30(27,28)17-11-7-4-8-12-17)21(26)22-14-19-20(24-29-23-19)16-9-5-3-6-10-16/h3-12,15,18,25H,13-14H2,1-2H3,(H,22,26)/t18-/m0/s1. The van der Waals surface area contributed by atoms with Crippen LogP contribution in [0.15, 0.2) is 70.2 Å². The van der Waals surface area contributed by atoms with Crippen molar-refractivity contribution < 1.29 is 17.8 Å². The summed E-state index contributed by atoms with van der Waals surface area (Å²) in [5.41, 5.74) is 1.80. The molecule has 0 aliphatic carbocycles. The second-order valence-corrected chi connectivity index (χ2v) is 8.97. The number of carbonyl (C=O) groups excluding carboxylic acids is 1. The van der Waals surface area contributed by atoms with E-state index >= 15 is 0 Å². The maximum absolute atomic E-state index is 12.8. The van der Waals surface area contributed by atoms with E-state index in [1.165, 1.54) is 12.1 Å². The van der Waals surface area contributed by atoms with E-state index in [1.54, 1.807) is 18.2 Å². The fraction of sp³-hybridized carbons (Fsp3) is 0.286. The van der Waals surface area contributed by atoms with Crippen molar-refractivity contribution in [2.75, 3.05) is 0 Å². The highest BCUT2D eigenvalue weighted by atomic mass is 32.2. The van der Waals surface area contributed by atoms with Gasteiger partial charge < -0.3 is 5.32 Å². The molecule has 0 bridgehead atoms. The van der Waals surface area contributed by atoms with Crippen LogP contribution < -0.4 is 10.0 Å². The smallest absolute Gasteiger partial charge is 0.241 e. The lowest BCUT2D eigenvalue weighted by Gasteiger charge is -2.20. The molecule has 0 aliphatic heterocycles. The summed E-state index contributed by atoms with van der Waals surface area (Å²) >= 11 is 0. The largest absolute Gasteiger partial charge is 0.349 e. The molecule has 9 heteroatoms. The molecular weight excluding hydrogens is 404 g/mol. The molecule has 3 rings (SSSR count). The van der Waals surface area contributed by atoms with Crippen LogP contribution in [0.5, 0.6) is 0 Å². The van der Waals surface area contributed by atoms with Crippen molar-refractivity contribution in [3.8, 4) is 11.3 Å². The van der Waals surface area contributed by atoms with Crippen molar-refractivity contribution in [3.05, 3.63) is 66.4 Å². The first-order chi connectivity index (χ1) is 14.4. The lowest BCUT2D eigenvalue weighted by Crippen LogP contribution is -2.47. The van der Waals surface area contributed by atoms with Gasteiger partial charge in [-0.05, 0) is 29.6 Å². The van der Waals surface area contributed by atoms with Gasteiger partial charge in [0, 0.05) is 5.56 Å². The number of nitrogens with zero attached hydrogens (tertiary/aromatic N) is 2. The van der Waals surface area contributed by atoms with Gasteiger partial charge in [0.15, 0.2) is 0 Å². The summed E-state index contributed by atoms with van der Waals surface area (Å²) in [7, 11) is -3.83. The van der Waals surface area contributed by atoms with Gasteiger partial charge in [-0.25, -0.2) is 13.0 Å². The summed E-state index contributed by atoms with van der Waals surface area (Å²) < 4.78 is 32.7. The van der Waals surface area contributed by atoms with Crippen molar-refractivity contribution >= 4 is 15.9 Å². The summed E-state index contributed by atoms with van der Waals surface area (Å²) in [5, 5.41) is 10.5. The van der Waals surface area contributed by atoms with E-state index < -0.39 is 22.0 Å². The third kappa shape index (κ3) is 5.52. The number of carbonyl (C=O) groups is 1. The number of hydrogen-bond donors (Lipinski definition) is 2. The van der Waals surface area contributed by atoms with Crippen LogP contribution in [0.3, 0.4) is 0 Å². The Bertz CT molecular complexity index is 1070. The predicted molar refractivity (Wildman–Crippen MR) is 112 cm³/mol. The van der Waals surface area contributed by atoms with Gasteiger partial charge in [-0.3, -0.25) is 4.79 Å². The molecule has 2 N–H and O–H groups in total. The number of rotatable bonds is 9. The summed E-state index contributed by atoms with van der Waals surface area (Å²) in [4.78, 5) is 12.9. The second-order valence-electron chi connectivity index (χ2n) is 7.26. The maximum atomic E-state index is 12.8. The summed E-state index contributed by atoms with van der Waals surface area (Å²) in [6.07, 6.45) is 0.348. The lowest BCUT2D eigenvalue weighted by molar-refractivity contribution is -0.123. The summed E-state index contributed by atoms with van der Waals surface area (Å²) in [6.45, 7) is 3.91. The zero-order chi connectivity index (χ0) is 21.6. The van der Waals surface area contributed by atoms with E-state index in [0.717, 1.165) is 5.56 Å². The molecule has 0 saturated heterocycles. The highest BCUT2D eigenvalue weighted by Crippen LogP contribution is 2.20. The monoisotopic (exact) mass is 428 g/mol. The number of aromatic nitrogens is 2. The molecule has 1 heterocycles. The normalized spacial score (nSPS) is 12.6. The predicted octanol–water partition coefficient (Wildman–Crippen LogP) is 2.75. The molecule has 1 atom stereocenters. The Kier molecular flexibility index (Phi) is 6.96. The van der Waals surface area contributed by atoms with Gasteiger partial charge >= 0.3 is 0 Å². The van der Waals surface area contributed by atoms with Crippen molar-refractivity contribution in [2.24, 2.45) is 5.92 Å². The zero-order valence-corrected chi connectivity index (χ0v) is 17.6. The van der Waals surface area contributed by atoms with Gasteiger partial charge in [0.2, 0.25) is 15.9 Å². The van der Waals surface area contributed by atoms with E-state index in [9.17, 15) is 13.2 Å². The molecule has 3 aromatic rings. The SMILES string of the molecule is CC(C)C[C@H](NS(=O)(=O)c1ccccc1)C(=O)NCc1nonc1-c1ccccc1. The Hall–Kier alpha value is -3.04. The first kappa shape index (κ1) is 21.7. The lowest BCUT2D eigenvalue weighted by atomic mass is 10.0. The molecule has 2 aromatic carbocycles. The van der Waals surface area contributed by atoms with Gasteiger partial charge in [-0.15, -0.1) is 0 Å². The average Bonchev–Trinajstić information content (AvgIpc) is 3.21. The molecule has 8 nitrogen and oxygen atoms in total. The highest BCUT2D eigenvalue weighted by Gasteiger charge is 2.27. The molecule has 158 valence electrons. The second kappa shape index (κ2) is 9.64. The molecule has 0 unspecified atom stereocenters. The van der Waals surface area contributed by atoms with E-state index in [4.69, 9.17) is 4.63 Å². The fourth-order valence-electron chi connectivity index (χ4n) is 2.97. The molecule has 0 spiro atoms. The maximum Gasteiger partial charge on any atom is 0.241 e. The number of nitrogens with one attached hydrogen (secondary N) is 2. The number of sulfonamides is 1. The van der Waals surface area contributed by atoms with Gasteiger partial charge in [-0.1, -0.05) is 67.5 Å². The Morgan fingerprint density at radius 1 is 1.00 bits per heavy atom. The molecule has 30 heavy (non-hydrogen) atoms. The van der Waals surface area contributed by atoms with Crippen LogP contribution in [0.2, 0.25) is 0 Å². The van der Waals surface area contributed by atoms with Crippen LogP contribution in [-0.4, -0.2) is 30.7 Å².